The number of carbonyl (C=O) groups excluding carboxylic acids is 2. The Bertz CT molecular complexity index is 805. The number of hydrogen-bond donors (Lipinski definition) is 2. The predicted octanol–water partition coefficient (Wildman–Crippen LogP) is 1.64. The van der Waals surface area contributed by atoms with E-state index < -0.39 is 17.6 Å². The van der Waals surface area contributed by atoms with Crippen molar-refractivity contribution in [3.8, 4) is 11.5 Å². The van der Waals surface area contributed by atoms with E-state index in [1.807, 2.05) is 0 Å². The second-order valence-corrected chi connectivity index (χ2v) is 4.77. The maximum Gasteiger partial charge on any atom is 0.329 e. The van der Waals surface area contributed by atoms with Crippen molar-refractivity contribution in [3.63, 3.8) is 0 Å². The van der Waals surface area contributed by atoms with Gasteiger partial charge in [-0.15, -0.1) is 0 Å². The lowest BCUT2D eigenvalue weighted by Crippen LogP contribution is -2.32. The van der Waals surface area contributed by atoms with Crippen LogP contribution in [0.4, 0.5) is 10.1 Å². The van der Waals surface area contributed by atoms with Crippen LogP contribution in [-0.2, 0) is 9.59 Å². The Balaban J connectivity index is 1.54. The largest absolute Gasteiger partial charge is 0.454 e. The average molecular weight is 329 g/mol. The van der Waals surface area contributed by atoms with E-state index in [0.29, 0.717) is 22.7 Å². The number of hydrogen-bond acceptors (Lipinski definition) is 5. The number of halogens is 1. The van der Waals surface area contributed by atoms with Crippen molar-refractivity contribution in [2.45, 2.75) is 0 Å². The van der Waals surface area contributed by atoms with Gasteiger partial charge in [0.05, 0.1) is 6.21 Å². The van der Waals surface area contributed by atoms with Crippen LogP contribution in [0.15, 0.2) is 47.6 Å². The fraction of sp³-hybridized carbons (Fsp3) is 0.0625. The lowest BCUT2D eigenvalue weighted by molar-refractivity contribution is -0.136. The molecule has 1 heterocycles. The van der Waals surface area contributed by atoms with Crippen molar-refractivity contribution in [3.05, 3.63) is 53.8 Å². The van der Waals surface area contributed by atoms with Crippen LogP contribution in [0.1, 0.15) is 5.56 Å². The highest BCUT2D eigenvalue weighted by Gasteiger charge is 2.14. The number of amides is 2. The zero-order valence-electron chi connectivity index (χ0n) is 12.3. The maximum atomic E-state index is 12.8. The zero-order chi connectivity index (χ0) is 16.9. The van der Waals surface area contributed by atoms with Gasteiger partial charge in [-0.05, 0) is 48.0 Å². The lowest BCUT2D eigenvalue weighted by atomic mass is 10.2. The number of ether oxygens (including phenoxy) is 2. The molecule has 2 aromatic rings. The zero-order valence-corrected chi connectivity index (χ0v) is 12.3. The fourth-order valence-corrected chi connectivity index (χ4v) is 1.93. The van der Waals surface area contributed by atoms with Crippen LogP contribution in [0.25, 0.3) is 0 Å². The molecule has 0 radical (unpaired) electrons. The van der Waals surface area contributed by atoms with Crippen LogP contribution >= 0.6 is 0 Å². The number of hydrazone groups is 1. The van der Waals surface area contributed by atoms with Gasteiger partial charge >= 0.3 is 11.8 Å². The van der Waals surface area contributed by atoms with E-state index in [1.165, 1.54) is 30.5 Å². The molecular weight excluding hydrogens is 317 g/mol. The molecule has 0 saturated heterocycles. The molecule has 0 unspecified atom stereocenters. The van der Waals surface area contributed by atoms with Crippen LogP contribution in [0.5, 0.6) is 11.5 Å². The Morgan fingerprint density at radius 2 is 1.79 bits per heavy atom. The summed E-state index contributed by atoms with van der Waals surface area (Å²) in [6, 6.07) is 10.2. The van der Waals surface area contributed by atoms with E-state index in [4.69, 9.17) is 9.47 Å². The van der Waals surface area contributed by atoms with E-state index in [2.05, 4.69) is 15.8 Å². The minimum atomic E-state index is -0.948. The first-order valence-corrected chi connectivity index (χ1v) is 6.91. The summed E-state index contributed by atoms with van der Waals surface area (Å²) in [5.74, 6) is -1.08. The number of nitrogens with one attached hydrogen (secondary N) is 2. The fourth-order valence-electron chi connectivity index (χ4n) is 1.93. The summed E-state index contributed by atoms with van der Waals surface area (Å²) in [4.78, 5) is 23.3. The first kappa shape index (κ1) is 15.5. The first-order valence-electron chi connectivity index (χ1n) is 6.91. The Morgan fingerprint density at radius 3 is 2.58 bits per heavy atom. The molecule has 0 aliphatic carbocycles. The Hall–Kier alpha value is -3.42. The molecular formula is C16H12FN3O4. The molecule has 0 saturated carbocycles. The van der Waals surface area contributed by atoms with E-state index in [-0.39, 0.29) is 6.79 Å². The topological polar surface area (TPSA) is 89.0 Å². The Kier molecular flexibility index (Phi) is 4.37. The average Bonchev–Trinajstić information content (AvgIpc) is 3.04. The highest BCUT2D eigenvalue weighted by Crippen LogP contribution is 2.31. The molecule has 3 rings (SSSR count). The van der Waals surface area contributed by atoms with Gasteiger partial charge in [0.25, 0.3) is 0 Å². The molecule has 2 aromatic carbocycles. The number of carbonyl (C=O) groups is 2. The van der Waals surface area contributed by atoms with E-state index in [0.717, 1.165) is 0 Å². The standard InChI is InChI=1S/C16H12FN3O4/c17-11-2-4-12(5-3-11)19-15(21)16(22)20-18-8-10-1-6-13-14(7-10)24-9-23-13/h1-8H,9H2,(H,19,21)(H,20,22)/b18-8+. The summed E-state index contributed by atoms with van der Waals surface area (Å²) >= 11 is 0. The monoisotopic (exact) mass is 329 g/mol. The SMILES string of the molecule is O=C(N/N=C/c1ccc2c(c1)OCO2)C(=O)Nc1ccc(F)cc1. The molecule has 0 fully saturated rings. The third kappa shape index (κ3) is 3.67. The van der Waals surface area contributed by atoms with Crippen molar-refractivity contribution in [2.75, 3.05) is 12.1 Å². The van der Waals surface area contributed by atoms with E-state index in [9.17, 15) is 14.0 Å². The van der Waals surface area contributed by atoms with Crippen molar-refractivity contribution < 1.29 is 23.5 Å². The number of benzene rings is 2. The Morgan fingerprint density at radius 1 is 1.04 bits per heavy atom. The number of rotatable bonds is 3. The molecule has 2 N–H and O–H groups in total. The van der Waals surface area contributed by atoms with Gasteiger partial charge in [-0.1, -0.05) is 0 Å². The lowest BCUT2D eigenvalue weighted by Gasteiger charge is -2.03. The normalized spacial score (nSPS) is 12.2. The van der Waals surface area contributed by atoms with Gasteiger partial charge in [-0.25, -0.2) is 9.82 Å². The van der Waals surface area contributed by atoms with Gasteiger partial charge in [0.15, 0.2) is 11.5 Å². The molecule has 0 spiro atoms. The minimum Gasteiger partial charge on any atom is -0.454 e. The van der Waals surface area contributed by atoms with Gasteiger partial charge in [0.2, 0.25) is 6.79 Å². The number of anilines is 1. The van der Waals surface area contributed by atoms with E-state index >= 15 is 0 Å². The summed E-state index contributed by atoms with van der Waals surface area (Å²) in [5.41, 5.74) is 3.07. The molecule has 24 heavy (non-hydrogen) atoms. The number of fused-ring (bicyclic) bond motifs is 1. The minimum absolute atomic E-state index is 0.163. The van der Waals surface area contributed by atoms with Crippen molar-refractivity contribution in [1.29, 1.82) is 0 Å². The molecule has 8 heteroatoms. The predicted molar refractivity (Wildman–Crippen MR) is 83.3 cm³/mol. The van der Waals surface area contributed by atoms with Crippen LogP contribution < -0.4 is 20.2 Å². The molecule has 7 nitrogen and oxygen atoms in total. The molecule has 2 amide bonds. The third-order valence-electron chi connectivity index (χ3n) is 3.08. The maximum absolute atomic E-state index is 12.8. The second-order valence-electron chi connectivity index (χ2n) is 4.77. The molecule has 122 valence electrons. The van der Waals surface area contributed by atoms with Crippen LogP contribution in [0.2, 0.25) is 0 Å². The number of nitrogens with zero attached hydrogens (tertiary/aromatic N) is 1. The smallest absolute Gasteiger partial charge is 0.329 e. The molecule has 1 aliphatic heterocycles. The summed E-state index contributed by atoms with van der Waals surface area (Å²) < 4.78 is 23.2. The van der Waals surface area contributed by atoms with Gasteiger partial charge in [-0.2, -0.15) is 5.10 Å². The Labute approximate surface area is 136 Å². The van der Waals surface area contributed by atoms with Crippen LogP contribution in [-0.4, -0.2) is 24.8 Å². The van der Waals surface area contributed by atoms with Crippen LogP contribution in [0, 0.1) is 5.82 Å². The van der Waals surface area contributed by atoms with Crippen molar-refractivity contribution >= 4 is 23.7 Å². The van der Waals surface area contributed by atoms with Crippen molar-refractivity contribution in [1.82, 2.24) is 5.43 Å². The van der Waals surface area contributed by atoms with Gasteiger partial charge < -0.3 is 14.8 Å². The molecule has 0 bridgehead atoms. The first-order chi connectivity index (χ1) is 11.6. The summed E-state index contributed by atoms with van der Waals surface area (Å²) in [6.07, 6.45) is 1.37. The molecule has 0 aromatic heterocycles. The molecule has 1 aliphatic rings. The van der Waals surface area contributed by atoms with E-state index in [1.54, 1.807) is 18.2 Å². The summed E-state index contributed by atoms with van der Waals surface area (Å²) in [7, 11) is 0. The van der Waals surface area contributed by atoms with Gasteiger partial charge in [-0.3, -0.25) is 9.59 Å². The molecule has 0 atom stereocenters. The van der Waals surface area contributed by atoms with Gasteiger partial charge in [0, 0.05) is 5.69 Å². The second kappa shape index (κ2) is 6.78. The van der Waals surface area contributed by atoms with Crippen LogP contribution in [0.3, 0.4) is 0 Å². The summed E-state index contributed by atoms with van der Waals surface area (Å²) in [5, 5.41) is 6.03. The van der Waals surface area contributed by atoms with Gasteiger partial charge in [0.1, 0.15) is 5.82 Å². The van der Waals surface area contributed by atoms with Crippen molar-refractivity contribution in [2.24, 2.45) is 5.10 Å². The third-order valence-corrected chi connectivity index (χ3v) is 3.08. The highest BCUT2D eigenvalue weighted by atomic mass is 19.1. The summed E-state index contributed by atoms with van der Waals surface area (Å²) in [6.45, 7) is 0.163. The highest BCUT2D eigenvalue weighted by molar-refractivity contribution is 6.39. The quantitative estimate of drug-likeness (QED) is 0.509.